The Bertz CT molecular complexity index is 617. The Hall–Kier alpha value is -2.26. The monoisotopic (exact) mass is 358 g/mol. The number of hydrogen-bond acceptors (Lipinski definition) is 7. The SMILES string of the molecule is COC(=O)c1cc(C(O)C(O)CCNC(=O)OC(C)(C)C)cnc1F. The highest BCUT2D eigenvalue weighted by Gasteiger charge is 2.23. The Kier molecular flexibility index (Phi) is 7.25. The van der Waals surface area contributed by atoms with E-state index in [1.54, 1.807) is 20.8 Å². The van der Waals surface area contributed by atoms with E-state index in [1.807, 2.05) is 0 Å². The third-order valence-electron chi connectivity index (χ3n) is 3.08. The average molecular weight is 358 g/mol. The first-order valence-corrected chi connectivity index (χ1v) is 7.62. The van der Waals surface area contributed by atoms with Crippen LogP contribution >= 0.6 is 0 Å². The first kappa shape index (κ1) is 20.8. The second-order valence-electron chi connectivity index (χ2n) is 6.33. The highest BCUT2D eigenvalue weighted by molar-refractivity contribution is 5.89. The Morgan fingerprint density at radius 3 is 2.56 bits per heavy atom. The number of methoxy groups -OCH3 is 1. The minimum absolute atomic E-state index is 0.00530. The molecule has 25 heavy (non-hydrogen) atoms. The van der Waals surface area contributed by atoms with Crippen molar-refractivity contribution in [2.24, 2.45) is 0 Å². The molecule has 0 fully saturated rings. The maximum Gasteiger partial charge on any atom is 0.407 e. The van der Waals surface area contributed by atoms with Crippen LogP contribution in [0.2, 0.25) is 0 Å². The van der Waals surface area contributed by atoms with E-state index >= 15 is 0 Å². The number of carbonyl (C=O) groups is 2. The largest absolute Gasteiger partial charge is 0.465 e. The lowest BCUT2D eigenvalue weighted by molar-refractivity contribution is 0.0119. The van der Waals surface area contributed by atoms with E-state index in [4.69, 9.17) is 4.74 Å². The van der Waals surface area contributed by atoms with E-state index in [0.29, 0.717) is 0 Å². The summed E-state index contributed by atoms with van der Waals surface area (Å²) in [5.74, 6) is -1.98. The predicted molar refractivity (Wildman–Crippen MR) is 85.4 cm³/mol. The van der Waals surface area contributed by atoms with Crippen LogP contribution in [-0.4, -0.2) is 52.6 Å². The van der Waals surface area contributed by atoms with Gasteiger partial charge in [-0.25, -0.2) is 14.6 Å². The number of amides is 1. The number of pyridine rings is 1. The van der Waals surface area contributed by atoms with Crippen LogP contribution in [0.1, 0.15) is 49.2 Å². The van der Waals surface area contributed by atoms with Crippen molar-refractivity contribution in [3.63, 3.8) is 0 Å². The van der Waals surface area contributed by atoms with Crippen LogP contribution in [0.3, 0.4) is 0 Å². The molecule has 0 radical (unpaired) electrons. The first-order chi connectivity index (χ1) is 11.5. The lowest BCUT2D eigenvalue weighted by Gasteiger charge is -2.21. The van der Waals surface area contributed by atoms with Crippen molar-refractivity contribution in [1.29, 1.82) is 0 Å². The molecule has 0 spiro atoms. The summed E-state index contributed by atoms with van der Waals surface area (Å²) in [6.07, 6.45) is -2.32. The Morgan fingerprint density at radius 2 is 2.00 bits per heavy atom. The van der Waals surface area contributed by atoms with Gasteiger partial charge in [-0.05, 0) is 33.3 Å². The van der Waals surface area contributed by atoms with Gasteiger partial charge < -0.3 is 25.0 Å². The molecule has 0 aliphatic rings. The van der Waals surface area contributed by atoms with Gasteiger partial charge in [0, 0.05) is 18.3 Å². The van der Waals surface area contributed by atoms with Crippen molar-refractivity contribution in [3.8, 4) is 0 Å². The van der Waals surface area contributed by atoms with Gasteiger partial charge in [-0.1, -0.05) is 0 Å². The predicted octanol–water partition coefficient (Wildman–Crippen LogP) is 1.32. The van der Waals surface area contributed by atoms with Crippen LogP contribution in [0.15, 0.2) is 12.3 Å². The molecule has 140 valence electrons. The molecule has 1 aromatic heterocycles. The van der Waals surface area contributed by atoms with E-state index in [0.717, 1.165) is 19.4 Å². The standard InChI is InChI=1S/C16H23FN2O6/c1-16(2,3)25-15(23)18-6-5-11(20)12(21)9-7-10(14(22)24-4)13(17)19-8-9/h7-8,11-12,20-21H,5-6H2,1-4H3,(H,18,23). The zero-order valence-corrected chi connectivity index (χ0v) is 14.6. The molecule has 0 aromatic carbocycles. The summed E-state index contributed by atoms with van der Waals surface area (Å²) in [7, 11) is 1.09. The molecule has 1 aromatic rings. The van der Waals surface area contributed by atoms with Gasteiger partial charge >= 0.3 is 12.1 Å². The number of rotatable bonds is 6. The molecular formula is C16H23FN2O6. The van der Waals surface area contributed by atoms with Crippen molar-refractivity contribution in [2.75, 3.05) is 13.7 Å². The van der Waals surface area contributed by atoms with Crippen molar-refractivity contribution in [2.45, 2.75) is 45.0 Å². The normalized spacial score (nSPS) is 13.7. The van der Waals surface area contributed by atoms with E-state index in [9.17, 15) is 24.2 Å². The second kappa shape index (κ2) is 8.72. The Morgan fingerprint density at radius 1 is 1.36 bits per heavy atom. The number of alkyl carbamates (subject to hydrolysis) is 1. The zero-order chi connectivity index (χ0) is 19.2. The molecule has 0 aliphatic heterocycles. The zero-order valence-electron chi connectivity index (χ0n) is 14.6. The molecule has 0 bridgehead atoms. The summed E-state index contributed by atoms with van der Waals surface area (Å²) in [4.78, 5) is 26.3. The minimum atomic E-state index is -1.42. The number of hydrogen-bond donors (Lipinski definition) is 3. The second-order valence-corrected chi connectivity index (χ2v) is 6.33. The number of esters is 1. The molecule has 0 aliphatic carbocycles. The van der Waals surface area contributed by atoms with Crippen LogP contribution in [0.5, 0.6) is 0 Å². The number of ether oxygens (including phenoxy) is 2. The topological polar surface area (TPSA) is 118 Å². The fourth-order valence-corrected chi connectivity index (χ4v) is 1.90. The molecule has 1 amide bonds. The number of nitrogens with zero attached hydrogens (tertiary/aromatic N) is 1. The third-order valence-corrected chi connectivity index (χ3v) is 3.08. The molecule has 8 nitrogen and oxygen atoms in total. The van der Waals surface area contributed by atoms with Gasteiger partial charge in [0.25, 0.3) is 0 Å². The number of aliphatic hydroxyl groups is 2. The summed E-state index contributed by atoms with van der Waals surface area (Å²) in [5.41, 5.74) is -1.04. The van der Waals surface area contributed by atoms with Crippen LogP contribution < -0.4 is 5.32 Å². The molecule has 0 saturated heterocycles. The van der Waals surface area contributed by atoms with Crippen LogP contribution in [0, 0.1) is 5.95 Å². The quantitative estimate of drug-likeness (QED) is 0.518. The van der Waals surface area contributed by atoms with Gasteiger partial charge in [0.1, 0.15) is 17.3 Å². The van der Waals surface area contributed by atoms with E-state index < -0.39 is 41.4 Å². The molecule has 1 heterocycles. The molecule has 9 heteroatoms. The lowest BCUT2D eigenvalue weighted by Crippen LogP contribution is -2.34. The molecule has 2 atom stereocenters. The number of carbonyl (C=O) groups excluding carboxylic acids is 2. The minimum Gasteiger partial charge on any atom is -0.465 e. The first-order valence-electron chi connectivity index (χ1n) is 7.62. The van der Waals surface area contributed by atoms with Crippen LogP contribution in [-0.2, 0) is 9.47 Å². The number of aliphatic hydroxyl groups excluding tert-OH is 2. The highest BCUT2D eigenvalue weighted by Crippen LogP contribution is 2.20. The van der Waals surface area contributed by atoms with Gasteiger partial charge in [0.2, 0.25) is 5.95 Å². The van der Waals surface area contributed by atoms with Gasteiger partial charge in [0.15, 0.2) is 0 Å². The molecule has 0 saturated carbocycles. The van der Waals surface area contributed by atoms with E-state index in [2.05, 4.69) is 15.0 Å². The fraction of sp³-hybridized carbons (Fsp3) is 0.562. The van der Waals surface area contributed by atoms with Crippen molar-refractivity contribution in [1.82, 2.24) is 10.3 Å². The lowest BCUT2D eigenvalue weighted by atomic mass is 10.0. The van der Waals surface area contributed by atoms with Crippen molar-refractivity contribution < 1.29 is 33.7 Å². The summed E-state index contributed by atoms with van der Waals surface area (Å²) >= 11 is 0. The maximum atomic E-state index is 13.5. The van der Waals surface area contributed by atoms with Gasteiger partial charge in [0.05, 0.1) is 13.2 Å². The number of nitrogens with one attached hydrogen (secondary N) is 1. The highest BCUT2D eigenvalue weighted by atomic mass is 19.1. The van der Waals surface area contributed by atoms with E-state index in [-0.39, 0.29) is 18.5 Å². The summed E-state index contributed by atoms with van der Waals surface area (Å²) in [6.45, 7) is 5.19. The summed E-state index contributed by atoms with van der Waals surface area (Å²) in [6, 6.07) is 1.06. The van der Waals surface area contributed by atoms with Gasteiger partial charge in [-0.3, -0.25) is 0 Å². The van der Waals surface area contributed by atoms with E-state index in [1.165, 1.54) is 0 Å². The van der Waals surface area contributed by atoms with Crippen molar-refractivity contribution in [3.05, 3.63) is 29.3 Å². The Balaban J connectivity index is 2.63. The smallest absolute Gasteiger partial charge is 0.407 e. The molecular weight excluding hydrogens is 335 g/mol. The number of halogens is 1. The third kappa shape index (κ3) is 6.63. The average Bonchev–Trinajstić information content (AvgIpc) is 2.52. The number of aromatic nitrogens is 1. The van der Waals surface area contributed by atoms with Crippen molar-refractivity contribution >= 4 is 12.1 Å². The summed E-state index contributed by atoms with van der Waals surface area (Å²) in [5, 5.41) is 22.5. The van der Waals surface area contributed by atoms with Crippen LogP contribution in [0.25, 0.3) is 0 Å². The van der Waals surface area contributed by atoms with Gasteiger partial charge in [-0.2, -0.15) is 4.39 Å². The molecule has 1 rings (SSSR count). The summed E-state index contributed by atoms with van der Waals surface area (Å²) < 4.78 is 22.9. The van der Waals surface area contributed by atoms with Gasteiger partial charge in [-0.15, -0.1) is 0 Å². The van der Waals surface area contributed by atoms with Crippen LogP contribution in [0.4, 0.5) is 9.18 Å². The Labute approximate surface area is 145 Å². The molecule has 3 N–H and O–H groups in total. The maximum absolute atomic E-state index is 13.5. The molecule has 2 unspecified atom stereocenters. The fourth-order valence-electron chi connectivity index (χ4n) is 1.90.